The van der Waals surface area contributed by atoms with Crippen LogP contribution in [0.2, 0.25) is 0 Å². The van der Waals surface area contributed by atoms with Gasteiger partial charge in [0.05, 0.1) is 0 Å². The third-order valence-electron chi connectivity index (χ3n) is 2.18. The molecule has 1 heterocycles. The lowest BCUT2D eigenvalue weighted by molar-refractivity contribution is -0.307. The van der Waals surface area contributed by atoms with Gasteiger partial charge in [0.1, 0.15) is 6.04 Å². The van der Waals surface area contributed by atoms with Crippen LogP contribution in [0.25, 0.3) is 0 Å². The molecule has 0 aromatic rings. The number of carbonyl (C=O) groups excluding carboxylic acids is 1. The van der Waals surface area contributed by atoms with E-state index in [2.05, 4.69) is 8.92 Å². The van der Waals surface area contributed by atoms with Crippen LogP contribution in [0.4, 0.5) is 26.3 Å². The number of ether oxygens (including phenoxy) is 1. The predicted molar refractivity (Wildman–Crippen MR) is 47.9 cm³/mol. The van der Waals surface area contributed by atoms with Gasteiger partial charge < -0.3 is 4.74 Å². The number of nitrogens with zero attached hydrogens (tertiary/aromatic N) is 1. The summed E-state index contributed by atoms with van der Waals surface area (Å²) in [5.41, 5.74) is 0. The van der Waals surface area contributed by atoms with Crippen molar-refractivity contribution in [3.63, 3.8) is 0 Å². The van der Waals surface area contributed by atoms with Crippen molar-refractivity contribution in [1.82, 2.24) is 4.31 Å². The van der Waals surface area contributed by atoms with Crippen LogP contribution in [0.15, 0.2) is 0 Å². The Labute approximate surface area is 108 Å². The monoisotopic (exact) mass is 331 g/mol. The zero-order valence-corrected chi connectivity index (χ0v) is 10.2. The summed E-state index contributed by atoms with van der Waals surface area (Å²) in [4.78, 5) is 11.1. The lowest BCUT2D eigenvalue weighted by atomic mass is 10.2. The zero-order valence-electron chi connectivity index (χ0n) is 9.36. The first-order chi connectivity index (χ1) is 8.82. The molecule has 1 saturated heterocycles. The number of hydrogen-bond acceptors (Lipinski definition) is 5. The van der Waals surface area contributed by atoms with Crippen LogP contribution < -0.4 is 0 Å². The molecular weight excluding hydrogens is 324 g/mol. The van der Waals surface area contributed by atoms with Gasteiger partial charge in [-0.1, -0.05) is 0 Å². The molecule has 0 spiro atoms. The molecule has 0 radical (unpaired) electrons. The first-order valence-electron chi connectivity index (χ1n) is 4.90. The van der Waals surface area contributed by atoms with Gasteiger partial charge in [-0.05, 0) is 12.8 Å². The van der Waals surface area contributed by atoms with Crippen molar-refractivity contribution in [3.8, 4) is 0 Å². The highest BCUT2D eigenvalue weighted by Crippen LogP contribution is 2.29. The van der Waals surface area contributed by atoms with Crippen LogP contribution in [0, 0.1) is 0 Å². The van der Waals surface area contributed by atoms with Crippen LogP contribution >= 0.6 is 0 Å². The molecular formula is C7H7F6NO5S. The summed E-state index contributed by atoms with van der Waals surface area (Å²) < 4.78 is 99.3. The Bertz CT molecular complexity index is 471. The largest absolute Gasteiger partial charge is 0.575 e. The third kappa shape index (κ3) is 4.79. The van der Waals surface area contributed by atoms with Gasteiger partial charge in [0.25, 0.3) is 0 Å². The molecule has 6 nitrogen and oxygen atoms in total. The van der Waals surface area contributed by atoms with Gasteiger partial charge in [0.15, 0.2) is 0 Å². The Morgan fingerprint density at radius 2 is 1.65 bits per heavy atom. The van der Waals surface area contributed by atoms with E-state index in [1.165, 1.54) is 0 Å². The van der Waals surface area contributed by atoms with Crippen LogP contribution in [-0.4, -0.2) is 44.0 Å². The fourth-order valence-electron chi connectivity index (χ4n) is 1.59. The number of esters is 1. The Morgan fingerprint density at radius 3 is 2.10 bits per heavy atom. The lowest BCUT2D eigenvalue weighted by Crippen LogP contribution is -2.45. The van der Waals surface area contributed by atoms with Crippen molar-refractivity contribution < 1.29 is 48.5 Å². The number of alkyl halides is 6. The second-order valence-corrected chi connectivity index (χ2v) is 5.11. The topological polar surface area (TPSA) is 72.9 Å². The van der Waals surface area contributed by atoms with E-state index in [9.17, 15) is 39.6 Å². The lowest BCUT2D eigenvalue weighted by Gasteiger charge is -2.22. The van der Waals surface area contributed by atoms with Gasteiger partial charge in [-0.15, -0.1) is 26.3 Å². The number of hydrogen-bond donors (Lipinski definition) is 0. The molecule has 1 atom stereocenters. The van der Waals surface area contributed by atoms with E-state index in [4.69, 9.17) is 0 Å². The highest BCUT2D eigenvalue weighted by atomic mass is 32.2. The van der Waals surface area contributed by atoms with Crippen molar-refractivity contribution in [2.24, 2.45) is 0 Å². The first-order valence-corrected chi connectivity index (χ1v) is 6.27. The number of carbonyl (C=O) groups is 1. The quantitative estimate of drug-likeness (QED) is 0.576. The average molecular weight is 331 g/mol. The molecule has 13 heteroatoms. The minimum atomic E-state index is -5.56. The minimum Gasteiger partial charge on any atom is -0.372 e. The first kappa shape index (κ1) is 17.0. The van der Waals surface area contributed by atoms with E-state index in [1.807, 2.05) is 0 Å². The summed E-state index contributed by atoms with van der Waals surface area (Å²) in [6.07, 6.45) is -11.4. The Kier molecular flexibility index (Phi) is 4.55. The van der Waals surface area contributed by atoms with Crippen molar-refractivity contribution >= 4 is 16.3 Å². The van der Waals surface area contributed by atoms with E-state index >= 15 is 0 Å². The fourth-order valence-corrected chi connectivity index (χ4v) is 2.78. The smallest absolute Gasteiger partial charge is 0.372 e. The summed E-state index contributed by atoms with van der Waals surface area (Å²) in [5.74, 6) is -2.01. The normalized spacial score (nSPS) is 22.0. The molecule has 0 aromatic carbocycles. The molecule has 1 aliphatic heterocycles. The van der Waals surface area contributed by atoms with E-state index in [0.717, 1.165) is 0 Å². The summed E-state index contributed by atoms with van der Waals surface area (Å²) in [7, 11) is -5.43. The van der Waals surface area contributed by atoms with Gasteiger partial charge >= 0.3 is 29.0 Å². The van der Waals surface area contributed by atoms with Crippen molar-refractivity contribution in [2.75, 3.05) is 6.54 Å². The minimum absolute atomic E-state index is 0.113. The summed E-state index contributed by atoms with van der Waals surface area (Å²) >= 11 is 0. The maximum absolute atomic E-state index is 11.9. The summed E-state index contributed by atoms with van der Waals surface area (Å²) in [6, 6.07) is -2.01. The number of rotatable bonds is 3. The molecule has 0 aliphatic carbocycles. The molecule has 0 amide bonds. The molecule has 0 saturated carbocycles. The van der Waals surface area contributed by atoms with Crippen LogP contribution in [0.3, 0.4) is 0 Å². The maximum Gasteiger partial charge on any atom is 0.575 e. The second kappa shape index (κ2) is 5.37. The summed E-state index contributed by atoms with van der Waals surface area (Å²) in [5, 5.41) is 0. The zero-order chi connectivity index (χ0) is 15.8. The molecule has 1 aliphatic rings. The highest BCUT2D eigenvalue weighted by Gasteiger charge is 2.48. The predicted octanol–water partition coefficient (Wildman–Crippen LogP) is 1.29. The standard InChI is InChI=1S/C7H7F6NO5S/c8-6(9,10)18-5(15)4-2-1-3-14(4)20(16,17)19-7(11,12)13/h4H,1-3H2/t4-/m0/s1. The van der Waals surface area contributed by atoms with Gasteiger partial charge in [-0.3, -0.25) is 4.79 Å². The van der Waals surface area contributed by atoms with Gasteiger partial charge in [-0.25, -0.2) is 0 Å². The summed E-state index contributed by atoms with van der Waals surface area (Å²) in [6.45, 7) is -0.587. The van der Waals surface area contributed by atoms with Crippen LogP contribution in [-0.2, 0) is 24.0 Å². The molecule has 118 valence electrons. The van der Waals surface area contributed by atoms with E-state index in [-0.39, 0.29) is 10.7 Å². The maximum atomic E-state index is 11.9. The average Bonchev–Trinajstić information content (AvgIpc) is 2.58. The van der Waals surface area contributed by atoms with E-state index < -0.39 is 48.0 Å². The van der Waals surface area contributed by atoms with E-state index in [1.54, 1.807) is 0 Å². The molecule has 0 unspecified atom stereocenters. The Morgan fingerprint density at radius 1 is 1.10 bits per heavy atom. The molecule has 0 bridgehead atoms. The molecule has 1 fully saturated rings. The SMILES string of the molecule is O=C(OC(F)(F)F)[C@@H]1CCCN1S(=O)(=O)OC(F)(F)F. The third-order valence-corrected chi connectivity index (χ3v) is 3.59. The highest BCUT2D eigenvalue weighted by molar-refractivity contribution is 7.84. The van der Waals surface area contributed by atoms with Crippen molar-refractivity contribution in [2.45, 2.75) is 31.6 Å². The van der Waals surface area contributed by atoms with Gasteiger partial charge in [0.2, 0.25) is 0 Å². The number of halogens is 6. The van der Waals surface area contributed by atoms with Gasteiger partial charge in [-0.2, -0.15) is 16.9 Å². The molecule has 0 aromatic heterocycles. The Balaban J connectivity index is 2.87. The second-order valence-electron chi connectivity index (χ2n) is 3.62. The van der Waals surface area contributed by atoms with Crippen LogP contribution in [0.1, 0.15) is 12.8 Å². The molecule has 0 N–H and O–H groups in total. The molecule has 1 rings (SSSR count). The van der Waals surface area contributed by atoms with Crippen molar-refractivity contribution in [1.29, 1.82) is 0 Å². The molecule has 20 heavy (non-hydrogen) atoms. The van der Waals surface area contributed by atoms with Gasteiger partial charge in [0, 0.05) is 6.54 Å². The Hall–Kier alpha value is -1.08. The van der Waals surface area contributed by atoms with Crippen LogP contribution in [0.5, 0.6) is 0 Å². The van der Waals surface area contributed by atoms with E-state index in [0.29, 0.717) is 0 Å². The fraction of sp³-hybridized carbons (Fsp3) is 0.857. The van der Waals surface area contributed by atoms with Crippen molar-refractivity contribution in [3.05, 3.63) is 0 Å².